The maximum absolute atomic E-state index is 11.8. The van der Waals surface area contributed by atoms with Gasteiger partial charge in [-0.05, 0) is 30.3 Å². The van der Waals surface area contributed by atoms with Crippen molar-refractivity contribution in [2.75, 3.05) is 25.5 Å². The minimum atomic E-state index is -0.681. The number of rotatable bonds is 7. The molecular formula is C17H17ClN2O4. The van der Waals surface area contributed by atoms with Crippen LogP contribution in [0.1, 0.15) is 10.4 Å². The second-order valence-electron chi connectivity index (χ2n) is 4.82. The Hall–Kier alpha value is -2.73. The maximum Gasteiger partial charge on any atom is 0.340 e. The molecule has 0 radical (unpaired) electrons. The normalized spacial score (nSPS) is 10.0. The molecule has 0 unspecified atom stereocenters. The van der Waals surface area contributed by atoms with E-state index in [1.807, 2.05) is 30.3 Å². The van der Waals surface area contributed by atoms with Crippen LogP contribution in [0.2, 0.25) is 5.02 Å². The van der Waals surface area contributed by atoms with Crippen molar-refractivity contribution in [3.8, 4) is 5.75 Å². The SMILES string of the molecule is Nc1cc(Cl)ccc1C(=O)OCC(=O)NCCOc1ccccc1. The molecule has 0 aliphatic rings. The zero-order valence-corrected chi connectivity index (χ0v) is 13.6. The average Bonchev–Trinajstić information content (AvgIpc) is 2.57. The quantitative estimate of drug-likeness (QED) is 0.455. The number of nitrogens with two attached hydrogens (primary N) is 1. The van der Waals surface area contributed by atoms with Crippen molar-refractivity contribution < 1.29 is 19.1 Å². The molecule has 3 N–H and O–H groups in total. The number of carbonyl (C=O) groups is 2. The van der Waals surface area contributed by atoms with Crippen LogP contribution in [0.25, 0.3) is 0 Å². The third-order valence-electron chi connectivity index (χ3n) is 3.00. The lowest BCUT2D eigenvalue weighted by atomic mass is 10.2. The van der Waals surface area contributed by atoms with E-state index in [1.54, 1.807) is 0 Å². The van der Waals surface area contributed by atoms with Gasteiger partial charge in [0, 0.05) is 10.7 Å². The molecule has 0 aliphatic heterocycles. The fraction of sp³-hybridized carbons (Fsp3) is 0.176. The van der Waals surface area contributed by atoms with Gasteiger partial charge in [-0.15, -0.1) is 0 Å². The largest absolute Gasteiger partial charge is 0.492 e. The first kappa shape index (κ1) is 17.6. The lowest BCUT2D eigenvalue weighted by Gasteiger charge is -2.09. The van der Waals surface area contributed by atoms with Crippen molar-refractivity contribution in [3.63, 3.8) is 0 Å². The Labute approximate surface area is 144 Å². The van der Waals surface area contributed by atoms with Crippen LogP contribution >= 0.6 is 11.6 Å². The van der Waals surface area contributed by atoms with Crippen LogP contribution in [0.4, 0.5) is 5.69 Å². The molecule has 0 saturated carbocycles. The summed E-state index contributed by atoms with van der Waals surface area (Å²) in [6, 6.07) is 13.7. The Morgan fingerprint density at radius 2 is 1.88 bits per heavy atom. The molecule has 126 valence electrons. The number of esters is 1. The van der Waals surface area contributed by atoms with E-state index in [2.05, 4.69) is 5.32 Å². The Balaban J connectivity index is 1.68. The highest BCUT2D eigenvalue weighted by Crippen LogP contribution is 2.18. The number of hydrogen-bond acceptors (Lipinski definition) is 5. The van der Waals surface area contributed by atoms with Gasteiger partial charge in [-0.25, -0.2) is 4.79 Å². The molecular weight excluding hydrogens is 332 g/mol. The summed E-state index contributed by atoms with van der Waals surface area (Å²) in [6.07, 6.45) is 0. The first-order valence-electron chi connectivity index (χ1n) is 7.23. The van der Waals surface area contributed by atoms with Gasteiger partial charge in [-0.1, -0.05) is 29.8 Å². The average molecular weight is 349 g/mol. The van der Waals surface area contributed by atoms with Crippen molar-refractivity contribution in [1.82, 2.24) is 5.32 Å². The summed E-state index contributed by atoms with van der Waals surface area (Å²) in [5.41, 5.74) is 6.04. The zero-order valence-electron chi connectivity index (χ0n) is 12.8. The van der Waals surface area contributed by atoms with Gasteiger partial charge in [0.1, 0.15) is 12.4 Å². The summed E-state index contributed by atoms with van der Waals surface area (Å²) in [7, 11) is 0. The molecule has 2 rings (SSSR count). The monoisotopic (exact) mass is 348 g/mol. The molecule has 7 heteroatoms. The first-order valence-corrected chi connectivity index (χ1v) is 7.61. The van der Waals surface area contributed by atoms with Crippen LogP contribution in [0.15, 0.2) is 48.5 Å². The molecule has 6 nitrogen and oxygen atoms in total. The van der Waals surface area contributed by atoms with Gasteiger partial charge in [0.15, 0.2) is 6.61 Å². The lowest BCUT2D eigenvalue weighted by Crippen LogP contribution is -2.32. The molecule has 0 atom stereocenters. The number of halogens is 1. The number of anilines is 1. The minimum Gasteiger partial charge on any atom is -0.492 e. The molecule has 2 aromatic carbocycles. The van der Waals surface area contributed by atoms with E-state index >= 15 is 0 Å². The van der Waals surface area contributed by atoms with Gasteiger partial charge in [0.2, 0.25) is 0 Å². The van der Waals surface area contributed by atoms with E-state index < -0.39 is 18.5 Å². The van der Waals surface area contributed by atoms with Crippen LogP contribution in [0.5, 0.6) is 5.75 Å². The van der Waals surface area contributed by atoms with Crippen LogP contribution < -0.4 is 15.8 Å². The van der Waals surface area contributed by atoms with Crippen molar-refractivity contribution in [3.05, 3.63) is 59.1 Å². The third kappa shape index (κ3) is 5.48. The Bertz CT molecular complexity index is 707. The second-order valence-corrected chi connectivity index (χ2v) is 5.26. The highest BCUT2D eigenvalue weighted by Gasteiger charge is 2.13. The van der Waals surface area contributed by atoms with E-state index in [0.717, 1.165) is 5.75 Å². The summed E-state index contributed by atoms with van der Waals surface area (Å²) >= 11 is 5.76. The molecule has 0 heterocycles. The maximum atomic E-state index is 11.8. The van der Waals surface area contributed by atoms with Gasteiger partial charge in [0.25, 0.3) is 5.91 Å². The minimum absolute atomic E-state index is 0.166. The predicted octanol–water partition coefficient (Wildman–Crippen LogP) is 2.27. The first-order chi connectivity index (χ1) is 11.6. The number of ether oxygens (including phenoxy) is 2. The van der Waals surface area contributed by atoms with Crippen LogP contribution in [0, 0.1) is 0 Å². The van der Waals surface area contributed by atoms with Crippen LogP contribution in [0.3, 0.4) is 0 Å². The van der Waals surface area contributed by atoms with Crippen LogP contribution in [-0.2, 0) is 9.53 Å². The summed E-state index contributed by atoms with van der Waals surface area (Å²) in [5.74, 6) is -0.385. The molecule has 0 aliphatic carbocycles. The predicted molar refractivity (Wildman–Crippen MR) is 91.1 cm³/mol. The number of hydrogen-bond donors (Lipinski definition) is 2. The highest BCUT2D eigenvalue weighted by atomic mass is 35.5. The fourth-order valence-electron chi connectivity index (χ4n) is 1.86. The third-order valence-corrected chi connectivity index (χ3v) is 3.24. The Morgan fingerprint density at radius 1 is 1.12 bits per heavy atom. The lowest BCUT2D eigenvalue weighted by molar-refractivity contribution is -0.124. The summed E-state index contributed by atoms with van der Waals surface area (Å²) in [4.78, 5) is 23.5. The molecule has 0 fully saturated rings. The van der Waals surface area contributed by atoms with E-state index in [0.29, 0.717) is 18.2 Å². The molecule has 0 bridgehead atoms. The number of carbonyl (C=O) groups excluding carboxylic acids is 2. The van der Waals surface area contributed by atoms with Gasteiger partial charge in [0.05, 0.1) is 12.1 Å². The number of nitrogens with one attached hydrogen (secondary N) is 1. The van der Waals surface area contributed by atoms with E-state index in [4.69, 9.17) is 26.8 Å². The molecule has 0 aromatic heterocycles. The number of para-hydroxylation sites is 1. The molecule has 1 amide bonds. The fourth-order valence-corrected chi connectivity index (χ4v) is 2.04. The smallest absolute Gasteiger partial charge is 0.340 e. The van der Waals surface area contributed by atoms with E-state index in [9.17, 15) is 9.59 Å². The Morgan fingerprint density at radius 3 is 2.58 bits per heavy atom. The van der Waals surface area contributed by atoms with Crippen molar-refractivity contribution in [2.24, 2.45) is 0 Å². The van der Waals surface area contributed by atoms with Gasteiger partial charge >= 0.3 is 5.97 Å². The molecule has 2 aromatic rings. The zero-order chi connectivity index (χ0) is 17.4. The second kappa shape index (κ2) is 8.79. The molecule has 24 heavy (non-hydrogen) atoms. The number of benzene rings is 2. The van der Waals surface area contributed by atoms with Crippen molar-refractivity contribution >= 4 is 29.2 Å². The standard InChI is InChI=1S/C17H17ClN2O4/c18-12-6-7-14(15(19)10-12)17(22)24-11-16(21)20-8-9-23-13-4-2-1-3-5-13/h1-7,10H,8-9,11,19H2,(H,20,21). The Kier molecular flexibility index (Phi) is 6.45. The summed E-state index contributed by atoms with van der Waals surface area (Å²) < 4.78 is 10.3. The van der Waals surface area contributed by atoms with Crippen molar-refractivity contribution in [1.29, 1.82) is 0 Å². The van der Waals surface area contributed by atoms with Crippen LogP contribution in [-0.4, -0.2) is 31.6 Å². The van der Waals surface area contributed by atoms with Crippen molar-refractivity contribution in [2.45, 2.75) is 0 Å². The van der Waals surface area contributed by atoms with Gasteiger partial charge in [-0.3, -0.25) is 4.79 Å². The topological polar surface area (TPSA) is 90.7 Å². The number of nitrogen functional groups attached to an aromatic ring is 1. The van der Waals surface area contributed by atoms with Gasteiger partial charge in [-0.2, -0.15) is 0 Å². The van der Waals surface area contributed by atoms with E-state index in [1.165, 1.54) is 18.2 Å². The number of amides is 1. The molecule has 0 saturated heterocycles. The van der Waals surface area contributed by atoms with Gasteiger partial charge < -0.3 is 20.5 Å². The highest BCUT2D eigenvalue weighted by molar-refractivity contribution is 6.31. The summed E-state index contributed by atoms with van der Waals surface area (Å²) in [6.45, 7) is 0.217. The summed E-state index contributed by atoms with van der Waals surface area (Å²) in [5, 5.41) is 3.01. The molecule has 0 spiro atoms. The van der Waals surface area contributed by atoms with E-state index in [-0.39, 0.29) is 11.3 Å².